The first-order chi connectivity index (χ1) is 5.88. The van der Waals surface area contributed by atoms with Gasteiger partial charge in [0.25, 0.3) is 0 Å². The van der Waals surface area contributed by atoms with E-state index in [1.54, 1.807) is 0 Å². The van der Waals surface area contributed by atoms with E-state index in [2.05, 4.69) is 4.98 Å². The number of rotatable bonds is 2. The summed E-state index contributed by atoms with van der Waals surface area (Å²) in [5.74, 6) is -0.265. The predicted octanol–water partition coefficient (Wildman–Crippen LogP) is 0.360. The maximum absolute atomic E-state index is 11.0. The van der Waals surface area contributed by atoms with Gasteiger partial charge in [0, 0.05) is 29.9 Å². The summed E-state index contributed by atoms with van der Waals surface area (Å²) in [4.78, 5) is 13.8. The van der Waals surface area contributed by atoms with Gasteiger partial charge in [0.1, 0.15) is 0 Å². The molecule has 0 aliphatic carbocycles. The van der Waals surface area contributed by atoms with E-state index < -0.39 is 0 Å². The van der Waals surface area contributed by atoms with Crippen LogP contribution in [0.2, 0.25) is 0 Å². The number of hydrogen-bond donors (Lipinski definition) is 3. The number of aromatic amines is 1. The zero-order chi connectivity index (χ0) is 10.1. The smallest absolute Gasteiger partial charge is 0.223 e. The Kier molecular flexibility index (Phi) is 2.43. The SMILES string of the molecule is CC(C)(N)Cc1cc(=O)c(O)c[nH]1. The van der Waals surface area contributed by atoms with Gasteiger partial charge in [0.15, 0.2) is 5.75 Å². The molecule has 0 saturated carbocycles. The minimum Gasteiger partial charge on any atom is -0.503 e. The molecule has 1 aromatic rings. The van der Waals surface area contributed by atoms with Gasteiger partial charge in [-0.1, -0.05) is 0 Å². The summed E-state index contributed by atoms with van der Waals surface area (Å²) in [6.07, 6.45) is 1.85. The summed E-state index contributed by atoms with van der Waals surface area (Å²) in [6.45, 7) is 3.75. The van der Waals surface area contributed by atoms with Crippen LogP contribution >= 0.6 is 0 Å². The molecule has 0 aliphatic rings. The van der Waals surface area contributed by atoms with Crippen LogP contribution in [0.3, 0.4) is 0 Å². The van der Waals surface area contributed by atoms with Crippen LogP contribution in [0.15, 0.2) is 17.1 Å². The van der Waals surface area contributed by atoms with Crippen molar-refractivity contribution in [3.63, 3.8) is 0 Å². The lowest BCUT2D eigenvalue weighted by Gasteiger charge is -2.17. The highest BCUT2D eigenvalue weighted by Crippen LogP contribution is 2.07. The second-order valence-electron chi connectivity index (χ2n) is 3.87. The largest absolute Gasteiger partial charge is 0.503 e. The Labute approximate surface area is 76.4 Å². The predicted molar refractivity (Wildman–Crippen MR) is 50.7 cm³/mol. The molecule has 0 amide bonds. The Morgan fingerprint density at radius 1 is 1.62 bits per heavy atom. The molecule has 0 unspecified atom stereocenters. The van der Waals surface area contributed by atoms with E-state index in [4.69, 9.17) is 10.8 Å². The Hall–Kier alpha value is -1.29. The van der Waals surface area contributed by atoms with Gasteiger partial charge in [-0.3, -0.25) is 4.79 Å². The van der Waals surface area contributed by atoms with Crippen molar-refractivity contribution < 1.29 is 5.11 Å². The van der Waals surface area contributed by atoms with E-state index in [1.165, 1.54) is 12.3 Å². The number of aromatic hydroxyl groups is 1. The maximum Gasteiger partial charge on any atom is 0.223 e. The normalized spacial score (nSPS) is 11.6. The molecule has 1 aromatic heterocycles. The molecule has 4 N–H and O–H groups in total. The fourth-order valence-electron chi connectivity index (χ4n) is 1.10. The molecule has 0 radical (unpaired) electrons. The third kappa shape index (κ3) is 2.91. The maximum atomic E-state index is 11.0. The monoisotopic (exact) mass is 182 g/mol. The summed E-state index contributed by atoms with van der Waals surface area (Å²) in [5.41, 5.74) is 5.76. The molecule has 13 heavy (non-hydrogen) atoms. The Morgan fingerprint density at radius 3 is 2.69 bits per heavy atom. The number of nitrogens with one attached hydrogen (secondary N) is 1. The Balaban J connectivity index is 2.93. The third-order valence-corrected chi connectivity index (χ3v) is 1.60. The third-order valence-electron chi connectivity index (χ3n) is 1.60. The number of pyridine rings is 1. The molecular weight excluding hydrogens is 168 g/mol. The Morgan fingerprint density at radius 2 is 2.23 bits per heavy atom. The van der Waals surface area contributed by atoms with Gasteiger partial charge in [0.05, 0.1) is 0 Å². The molecule has 1 heterocycles. The molecule has 0 spiro atoms. The van der Waals surface area contributed by atoms with E-state index in [9.17, 15) is 4.79 Å². The van der Waals surface area contributed by atoms with Gasteiger partial charge < -0.3 is 15.8 Å². The number of H-pyrrole nitrogens is 1. The number of nitrogens with two attached hydrogens (primary N) is 1. The first-order valence-corrected chi connectivity index (χ1v) is 4.08. The lowest BCUT2D eigenvalue weighted by atomic mass is 10.00. The molecule has 0 atom stereocenters. The molecule has 72 valence electrons. The van der Waals surface area contributed by atoms with Crippen molar-refractivity contribution in [2.45, 2.75) is 25.8 Å². The second-order valence-corrected chi connectivity index (χ2v) is 3.87. The molecule has 0 saturated heterocycles. The highest BCUT2D eigenvalue weighted by atomic mass is 16.3. The summed E-state index contributed by atoms with van der Waals surface area (Å²) in [6, 6.07) is 1.37. The van der Waals surface area contributed by atoms with Crippen molar-refractivity contribution in [1.82, 2.24) is 4.98 Å². The van der Waals surface area contributed by atoms with Crippen molar-refractivity contribution in [2.75, 3.05) is 0 Å². The van der Waals surface area contributed by atoms with Gasteiger partial charge >= 0.3 is 0 Å². The van der Waals surface area contributed by atoms with E-state index >= 15 is 0 Å². The second kappa shape index (κ2) is 3.22. The molecular formula is C9H14N2O2. The van der Waals surface area contributed by atoms with Crippen molar-refractivity contribution in [3.05, 3.63) is 28.2 Å². The fourth-order valence-corrected chi connectivity index (χ4v) is 1.10. The molecule has 0 fully saturated rings. The van der Waals surface area contributed by atoms with E-state index in [0.29, 0.717) is 6.42 Å². The Bertz CT molecular complexity index is 349. The zero-order valence-corrected chi connectivity index (χ0v) is 7.79. The molecule has 4 heteroatoms. The van der Waals surface area contributed by atoms with Gasteiger partial charge in [-0.25, -0.2) is 0 Å². The van der Waals surface area contributed by atoms with Gasteiger partial charge in [-0.2, -0.15) is 0 Å². The van der Waals surface area contributed by atoms with Gasteiger partial charge in [-0.05, 0) is 13.8 Å². The minimum atomic E-state index is -0.377. The van der Waals surface area contributed by atoms with Crippen LogP contribution in [0.5, 0.6) is 5.75 Å². The molecule has 0 bridgehead atoms. The quantitative estimate of drug-likeness (QED) is 0.618. The first kappa shape index (κ1) is 9.80. The molecule has 4 nitrogen and oxygen atoms in total. The van der Waals surface area contributed by atoms with Crippen LogP contribution in [0.25, 0.3) is 0 Å². The van der Waals surface area contributed by atoms with E-state index in [1.807, 2.05) is 13.8 Å². The van der Waals surface area contributed by atoms with Crippen LogP contribution in [0.1, 0.15) is 19.5 Å². The number of aromatic nitrogens is 1. The topological polar surface area (TPSA) is 79.1 Å². The van der Waals surface area contributed by atoms with Crippen LogP contribution in [-0.2, 0) is 6.42 Å². The van der Waals surface area contributed by atoms with E-state index in [-0.39, 0.29) is 16.7 Å². The first-order valence-electron chi connectivity index (χ1n) is 4.08. The summed E-state index contributed by atoms with van der Waals surface area (Å²) in [7, 11) is 0. The standard InChI is InChI=1S/C9H14N2O2/c1-9(2,10)4-6-3-7(12)8(13)5-11-6/h3,5,13H,4,10H2,1-2H3,(H,11,12). The average molecular weight is 182 g/mol. The summed E-state index contributed by atoms with van der Waals surface area (Å²) < 4.78 is 0. The highest BCUT2D eigenvalue weighted by Gasteiger charge is 2.12. The van der Waals surface area contributed by atoms with Crippen molar-refractivity contribution in [3.8, 4) is 5.75 Å². The lowest BCUT2D eigenvalue weighted by Crippen LogP contribution is -2.35. The highest BCUT2D eigenvalue weighted by molar-refractivity contribution is 5.19. The summed E-state index contributed by atoms with van der Waals surface area (Å²) >= 11 is 0. The minimum absolute atomic E-state index is 0.265. The molecule has 0 aromatic carbocycles. The van der Waals surface area contributed by atoms with Crippen molar-refractivity contribution in [1.29, 1.82) is 0 Å². The zero-order valence-electron chi connectivity index (χ0n) is 7.79. The van der Waals surface area contributed by atoms with Crippen LogP contribution in [0, 0.1) is 0 Å². The van der Waals surface area contributed by atoms with Crippen LogP contribution < -0.4 is 11.2 Å². The molecule has 1 rings (SSSR count). The fraction of sp³-hybridized carbons (Fsp3) is 0.444. The van der Waals surface area contributed by atoms with Crippen molar-refractivity contribution >= 4 is 0 Å². The van der Waals surface area contributed by atoms with Crippen molar-refractivity contribution in [2.24, 2.45) is 5.73 Å². The van der Waals surface area contributed by atoms with Crippen LogP contribution in [-0.4, -0.2) is 15.6 Å². The average Bonchev–Trinajstić information content (AvgIpc) is 1.94. The van der Waals surface area contributed by atoms with Gasteiger partial charge in [-0.15, -0.1) is 0 Å². The lowest BCUT2D eigenvalue weighted by molar-refractivity contribution is 0.464. The summed E-state index contributed by atoms with van der Waals surface area (Å²) in [5, 5.41) is 8.97. The molecule has 0 aliphatic heterocycles. The van der Waals surface area contributed by atoms with E-state index in [0.717, 1.165) is 5.69 Å². The van der Waals surface area contributed by atoms with Gasteiger partial charge in [0.2, 0.25) is 5.43 Å². The number of hydrogen-bond acceptors (Lipinski definition) is 3. The van der Waals surface area contributed by atoms with Crippen LogP contribution in [0.4, 0.5) is 0 Å².